The minimum atomic E-state index is -4.35. The van der Waals surface area contributed by atoms with E-state index in [-0.39, 0.29) is 0 Å². The summed E-state index contributed by atoms with van der Waals surface area (Å²) >= 11 is 6.37. The van der Waals surface area contributed by atoms with Crippen LogP contribution >= 0.6 is 31.9 Å². The zero-order valence-electron chi connectivity index (χ0n) is 8.15. The first kappa shape index (κ1) is 12.6. The number of aromatic amines is 1. The van der Waals surface area contributed by atoms with Gasteiger partial charge in [-0.2, -0.15) is 18.3 Å². The van der Waals surface area contributed by atoms with Crippen molar-refractivity contribution in [1.82, 2.24) is 10.2 Å². The Morgan fingerprint density at radius 3 is 2.41 bits per heavy atom. The Bertz CT molecular complexity index is 529. The molecule has 0 aliphatic heterocycles. The predicted molar refractivity (Wildman–Crippen MR) is 64.4 cm³/mol. The summed E-state index contributed by atoms with van der Waals surface area (Å²) in [5.41, 5.74) is 0.318. The van der Waals surface area contributed by atoms with Gasteiger partial charge in [0.2, 0.25) is 0 Å². The summed E-state index contributed by atoms with van der Waals surface area (Å²) in [5.74, 6) is 0. The number of rotatable bonds is 1. The lowest BCUT2D eigenvalue weighted by Gasteiger charge is -2.08. The molecule has 2 aromatic rings. The molecular weight excluding hydrogens is 365 g/mol. The molecule has 1 aromatic heterocycles. The van der Waals surface area contributed by atoms with Gasteiger partial charge < -0.3 is 0 Å². The van der Waals surface area contributed by atoms with Crippen LogP contribution in [-0.2, 0) is 6.18 Å². The summed E-state index contributed by atoms with van der Waals surface area (Å²) < 4.78 is 38.7. The SMILES string of the molecule is FC(F)(F)c1cccc(-c2c(Br)n[nH]c2Br)c1. The quantitative estimate of drug-likeness (QED) is 0.780. The van der Waals surface area contributed by atoms with E-state index in [4.69, 9.17) is 0 Å². The van der Waals surface area contributed by atoms with E-state index in [1.807, 2.05) is 0 Å². The van der Waals surface area contributed by atoms with Crippen molar-refractivity contribution in [1.29, 1.82) is 0 Å². The standard InChI is InChI=1S/C10H5Br2F3N2/c11-8-7(9(12)17-16-8)5-2-1-3-6(4-5)10(13,14)15/h1-4H,(H,16,17). The molecule has 0 aliphatic carbocycles. The fourth-order valence-electron chi connectivity index (χ4n) is 1.40. The Kier molecular flexibility index (Phi) is 3.31. The second kappa shape index (κ2) is 4.45. The minimum absolute atomic E-state index is 0.437. The Morgan fingerprint density at radius 1 is 1.18 bits per heavy atom. The lowest BCUT2D eigenvalue weighted by Crippen LogP contribution is -2.04. The van der Waals surface area contributed by atoms with E-state index in [1.165, 1.54) is 6.07 Å². The molecular formula is C10H5Br2F3N2. The third kappa shape index (κ3) is 2.55. The molecule has 1 heterocycles. The number of nitrogens with one attached hydrogen (secondary N) is 1. The highest BCUT2D eigenvalue weighted by Crippen LogP contribution is 2.36. The third-order valence-electron chi connectivity index (χ3n) is 2.16. The number of hydrogen-bond acceptors (Lipinski definition) is 1. The molecule has 90 valence electrons. The van der Waals surface area contributed by atoms with Crippen LogP contribution in [0.15, 0.2) is 33.5 Å². The van der Waals surface area contributed by atoms with Crippen LogP contribution < -0.4 is 0 Å². The molecule has 1 N–H and O–H groups in total. The number of alkyl halides is 3. The van der Waals surface area contributed by atoms with E-state index in [2.05, 4.69) is 42.1 Å². The second-order valence-electron chi connectivity index (χ2n) is 3.28. The van der Waals surface area contributed by atoms with Gasteiger partial charge in [0.1, 0.15) is 9.21 Å². The van der Waals surface area contributed by atoms with Crippen molar-refractivity contribution in [3.05, 3.63) is 39.0 Å². The van der Waals surface area contributed by atoms with Crippen LogP contribution in [0.5, 0.6) is 0 Å². The van der Waals surface area contributed by atoms with Gasteiger partial charge in [-0.05, 0) is 49.6 Å². The predicted octanol–water partition coefficient (Wildman–Crippen LogP) is 4.62. The number of benzene rings is 1. The van der Waals surface area contributed by atoms with Gasteiger partial charge in [0, 0.05) is 5.56 Å². The number of H-pyrrole nitrogens is 1. The maximum Gasteiger partial charge on any atom is 0.416 e. The number of hydrogen-bond donors (Lipinski definition) is 1. The summed E-state index contributed by atoms with van der Waals surface area (Å²) in [7, 11) is 0. The minimum Gasteiger partial charge on any atom is -0.270 e. The lowest BCUT2D eigenvalue weighted by molar-refractivity contribution is -0.137. The van der Waals surface area contributed by atoms with Gasteiger partial charge in [-0.25, -0.2) is 0 Å². The van der Waals surface area contributed by atoms with Crippen LogP contribution in [0.25, 0.3) is 11.1 Å². The van der Waals surface area contributed by atoms with Gasteiger partial charge in [0.15, 0.2) is 0 Å². The molecule has 0 bridgehead atoms. The fraction of sp³-hybridized carbons (Fsp3) is 0.100. The van der Waals surface area contributed by atoms with E-state index in [0.717, 1.165) is 12.1 Å². The molecule has 0 radical (unpaired) electrons. The van der Waals surface area contributed by atoms with Crippen LogP contribution in [-0.4, -0.2) is 10.2 Å². The van der Waals surface area contributed by atoms with Crippen LogP contribution in [0.2, 0.25) is 0 Å². The van der Waals surface area contributed by atoms with Crippen LogP contribution in [0, 0.1) is 0 Å². The van der Waals surface area contributed by atoms with Crippen molar-refractivity contribution in [3.63, 3.8) is 0 Å². The van der Waals surface area contributed by atoms with Crippen molar-refractivity contribution in [3.8, 4) is 11.1 Å². The monoisotopic (exact) mass is 368 g/mol. The van der Waals surface area contributed by atoms with Crippen molar-refractivity contribution < 1.29 is 13.2 Å². The molecule has 0 saturated carbocycles. The highest BCUT2D eigenvalue weighted by atomic mass is 79.9. The largest absolute Gasteiger partial charge is 0.416 e. The van der Waals surface area contributed by atoms with Crippen LogP contribution in [0.1, 0.15) is 5.56 Å². The van der Waals surface area contributed by atoms with Crippen LogP contribution in [0.3, 0.4) is 0 Å². The fourth-order valence-corrected chi connectivity index (χ4v) is 2.68. The Balaban J connectivity index is 2.55. The van der Waals surface area contributed by atoms with Crippen molar-refractivity contribution in [2.75, 3.05) is 0 Å². The maximum atomic E-state index is 12.6. The topological polar surface area (TPSA) is 28.7 Å². The number of halogens is 5. The van der Waals surface area contributed by atoms with Crippen molar-refractivity contribution >= 4 is 31.9 Å². The number of aromatic nitrogens is 2. The molecule has 1 aromatic carbocycles. The molecule has 0 unspecified atom stereocenters. The summed E-state index contributed by atoms with van der Waals surface area (Å²) in [6, 6.07) is 5.07. The average molecular weight is 370 g/mol. The molecule has 2 nitrogen and oxygen atoms in total. The molecule has 0 atom stereocenters. The van der Waals surface area contributed by atoms with Gasteiger partial charge in [-0.1, -0.05) is 12.1 Å². The Hall–Kier alpha value is -0.820. The molecule has 7 heteroatoms. The first-order valence-corrected chi connectivity index (χ1v) is 6.05. The zero-order valence-corrected chi connectivity index (χ0v) is 11.3. The van der Waals surface area contributed by atoms with E-state index in [0.29, 0.717) is 20.3 Å². The Labute approximate surface area is 111 Å². The number of nitrogens with zero attached hydrogens (tertiary/aromatic N) is 1. The van der Waals surface area contributed by atoms with Crippen molar-refractivity contribution in [2.45, 2.75) is 6.18 Å². The van der Waals surface area contributed by atoms with Gasteiger partial charge in [-0.3, -0.25) is 5.10 Å². The van der Waals surface area contributed by atoms with Gasteiger partial charge in [-0.15, -0.1) is 0 Å². The highest BCUT2D eigenvalue weighted by Gasteiger charge is 2.30. The summed E-state index contributed by atoms with van der Waals surface area (Å²) in [6.07, 6.45) is -4.35. The van der Waals surface area contributed by atoms with Gasteiger partial charge in [0.25, 0.3) is 0 Å². The molecule has 0 spiro atoms. The zero-order chi connectivity index (χ0) is 12.6. The normalized spacial score (nSPS) is 11.8. The average Bonchev–Trinajstić information content (AvgIpc) is 2.57. The molecule has 0 aliphatic rings. The molecule has 0 fully saturated rings. The van der Waals surface area contributed by atoms with E-state index >= 15 is 0 Å². The Morgan fingerprint density at radius 2 is 1.88 bits per heavy atom. The maximum absolute atomic E-state index is 12.6. The first-order chi connectivity index (χ1) is 7.89. The summed E-state index contributed by atoms with van der Waals surface area (Å²) in [5, 5.41) is 6.48. The second-order valence-corrected chi connectivity index (χ2v) is 4.83. The van der Waals surface area contributed by atoms with Crippen molar-refractivity contribution in [2.24, 2.45) is 0 Å². The summed E-state index contributed by atoms with van der Waals surface area (Å²) in [4.78, 5) is 0. The smallest absolute Gasteiger partial charge is 0.270 e. The van der Waals surface area contributed by atoms with E-state index < -0.39 is 11.7 Å². The molecule has 17 heavy (non-hydrogen) atoms. The van der Waals surface area contributed by atoms with Gasteiger partial charge in [0.05, 0.1) is 5.56 Å². The first-order valence-electron chi connectivity index (χ1n) is 4.46. The van der Waals surface area contributed by atoms with E-state index in [9.17, 15) is 13.2 Å². The third-order valence-corrected chi connectivity index (χ3v) is 3.30. The molecule has 0 amide bonds. The van der Waals surface area contributed by atoms with E-state index in [1.54, 1.807) is 6.07 Å². The molecule has 0 saturated heterocycles. The van der Waals surface area contributed by atoms with Crippen LogP contribution in [0.4, 0.5) is 13.2 Å². The highest BCUT2D eigenvalue weighted by molar-refractivity contribution is 9.11. The summed E-state index contributed by atoms with van der Waals surface area (Å²) in [6.45, 7) is 0. The lowest BCUT2D eigenvalue weighted by atomic mass is 10.1. The molecule has 2 rings (SSSR count). The van der Waals surface area contributed by atoms with Gasteiger partial charge >= 0.3 is 6.18 Å².